The van der Waals surface area contributed by atoms with Crippen molar-refractivity contribution in [1.29, 1.82) is 5.26 Å². The molecule has 0 spiro atoms. The minimum atomic E-state index is 0.317. The van der Waals surface area contributed by atoms with Gasteiger partial charge in [-0.05, 0) is 12.1 Å². The van der Waals surface area contributed by atoms with Gasteiger partial charge in [-0.3, -0.25) is 0 Å². The van der Waals surface area contributed by atoms with Crippen LogP contribution in [0.3, 0.4) is 0 Å². The van der Waals surface area contributed by atoms with E-state index >= 15 is 0 Å². The zero-order valence-corrected chi connectivity index (χ0v) is 6.94. The summed E-state index contributed by atoms with van der Waals surface area (Å²) in [6.07, 6.45) is 0.317. The summed E-state index contributed by atoms with van der Waals surface area (Å²) in [4.78, 5) is 0. The number of benzene rings is 1. The van der Waals surface area contributed by atoms with Gasteiger partial charge >= 0.3 is 0 Å². The Hall–Kier alpha value is -1.95. The molecule has 3 nitrogen and oxygen atoms in total. The molecule has 0 radical (unpaired) electrons. The van der Waals surface area contributed by atoms with Crippen molar-refractivity contribution in [3.05, 3.63) is 36.0 Å². The monoisotopic (exact) mass is 169 g/mol. The summed E-state index contributed by atoms with van der Waals surface area (Å²) in [6, 6.07) is 11.7. The molecule has 1 aromatic carbocycles. The second-order valence-electron chi connectivity index (χ2n) is 2.73. The topological polar surface area (TPSA) is 49.6 Å². The minimum absolute atomic E-state index is 0.317. The maximum Gasteiger partial charge on any atom is 0.0929 e. The average molecular weight is 169 g/mol. The first-order valence-electron chi connectivity index (χ1n) is 3.98. The van der Waals surface area contributed by atoms with Crippen molar-refractivity contribution in [2.45, 2.75) is 6.42 Å². The number of rotatable bonds is 1. The van der Waals surface area contributed by atoms with Crippen LogP contribution in [0, 0.1) is 11.3 Å². The zero-order chi connectivity index (χ0) is 9.10. The Morgan fingerprint density at radius 1 is 1.23 bits per heavy atom. The SMILES string of the molecule is N#CCc1cc2ccccc2nn1. The molecular formula is C10H7N3. The molecule has 0 aliphatic heterocycles. The van der Waals surface area contributed by atoms with Gasteiger partial charge in [0.15, 0.2) is 0 Å². The second kappa shape index (κ2) is 3.20. The van der Waals surface area contributed by atoms with E-state index in [2.05, 4.69) is 10.2 Å². The molecule has 13 heavy (non-hydrogen) atoms. The Bertz CT molecular complexity index is 471. The highest BCUT2D eigenvalue weighted by molar-refractivity contribution is 5.77. The molecule has 0 atom stereocenters. The normalized spacial score (nSPS) is 9.77. The van der Waals surface area contributed by atoms with Crippen molar-refractivity contribution in [2.75, 3.05) is 0 Å². The molecular weight excluding hydrogens is 162 g/mol. The number of hydrogen-bond donors (Lipinski definition) is 0. The van der Waals surface area contributed by atoms with Crippen LogP contribution in [0.1, 0.15) is 5.69 Å². The van der Waals surface area contributed by atoms with Crippen LogP contribution in [0.25, 0.3) is 10.9 Å². The Labute approximate surface area is 75.6 Å². The van der Waals surface area contributed by atoms with Crippen LogP contribution in [-0.2, 0) is 6.42 Å². The molecule has 0 saturated carbocycles. The van der Waals surface area contributed by atoms with E-state index in [4.69, 9.17) is 5.26 Å². The fraction of sp³-hybridized carbons (Fsp3) is 0.100. The Morgan fingerprint density at radius 3 is 2.92 bits per heavy atom. The Morgan fingerprint density at radius 2 is 2.08 bits per heavy atom. The van der Waals surface area contributed by atoms with Crippen LogP contribution < -0.4 is 0 Å². The quantitative estimate of drug-likeness (QED) is 0.652. The number of nitrogens with zero attached hydrogens (tertiary/aromatic N) is 3. The molecule has 2 aromatic rings. The minimum Gasteiger partial charge on any atom is -0.198 e. The molecule has 0 fully saturated rings. The molecule has 0 saturated heterocycles. The molecule has 0 amide bonds. The molecule has 1 aromatic heterocycles. The van der Waals surface area contributed by atoms with Crippen LogP contribution in [0.4, 0.5) is 0 Å². The van der Waals surface area contributed by atoms with Crippen molar-refractivity contribution >= 4 is 10.9 Å². The summed E-state index contributed by atoms with van der Waals surface area (Å²) in [5, 5.41) is 17.4. The second-order valence-corrected chi connectivity index (χ2v) is 2.73. The number of fused-ring (bicyclic) bond motifs is 1. The van der Waals surface area contributed by atoms with Crippen molar-refractivity contribution < 1.29 is 0 Å². The summed E-state index contributed by atoms with van der Waals surface area (Å²) in [5.41, 5.74) is 1.59. The molecule has 0 unspecified atom stereocenters. The highest BCUT2D eigenvalue weighted by Gasteiger charge is 1.97. The highest BCUT2D eigenvalue weighted by atomic mass is 15.1. The standard InChI is InChI=1S/C10H7N3/c11-6-5-9-7-8-3-1-2-4-10(8)13-12-9/h1-4,7H,5H2. The van der Waals surface area contributed by atoms with Gasteiger partial charge < -0.3 is 0 Å². The lowest BCUT2D eigenvalue weighted by atomic mass is 10.2. The Kier molecular flexibility index (Phi) is 1.89. The first kappa shape index (κ1) is 7.69. The third-order valence-corrected chi connectivity index (χ3v) is 1.81. The Balaban J connectivity index is 2.57. The third kappa shape index (κ3) is 1.47. The van der Waals surface area contributed by atoms with Gasteiger partial charge in [0.05, 0.1) is 23.7 Å². The van der Waals surface area contributed by atoms with E-state index in [0.29, 0.717) is 6.42 Å². The van der Waals surface area contributed by atoms with Gasteiger partial charge in [0.25, 0.3) is 0 Å². The van der Waals surface area contributed by atoms with E-state index in [9.17, 15) is 0 Å². The van der Waals surface area contributed by atoms with Crippen LogP contribution in [0.2, 0.25) is 0 Å². The largest absolute Gasteiger partial charge is 0.198 e. The summed E-state index contributed by atoms with van der Waals surface area (Å²) in [6.45, 7) is 0. The van der Waals surface area contributed by atoms with E-state index in [0.717, 1.165) is 16.6 Å². The van der Waals surface area contributed by atoms with Gasteiger partial charge in [-0.1, -0.05) is 18.2 Å². The van der Waals surface area contributed by atoms with Crippen molar-refractivity contribution in [1.82, 2.24) is 10.2 Å². The first-order valence-corrected chi connectivity index (χ1v) is 3.98. The fourth-order valence-electron chi connectivity index (χ4n) is 1.19. The molecule has 0 bridgehead atoms. The highest BCUT2D eigenvalue weighted by Crippen LogP contribution is 2.10. The molecule has 2 rings (SSSR count). The van der Waals surface area contributed by atoms with E-state index in [1.54, 1.807) is 0 Å². The smallest absolute Gasteiger partial charge is 0.0929 e. The van der Waals surface area contributed by atoms with Crippen LogP contribution in [0.5, 0.6) is 0 Å². The summed E-state index contributed by atoms with van der Waals surface area (Å²) < 4.78 is 0. The maximum atomic E-state index is 8.47. The summed E-state index contributed by atoms with van der Waals surface area (Å²) in [7, 11) is 0. The van der Waals surface area contributed by atoms with Crippen molar-refractivity contribution in [3.63, 3.8) is 0 Å². The molecule has 0 aliphatic rings. The lowest BCUT2D eigenvalue weighted by Gasteiger charge is -1.96. The lowest BCUT2D eigenvalue weighted by Crippen LogP contribution is -1.91. The van der Waals surface area contributed by atoms with Gasteiger partial charge in [0.1, 0.15) is 0 Å². The fourth-order valence-corrected chi connectivity index (χ4v) is 1.19. The van der Waals surface area contributed by atoms with E-state index in [1.165, 1.54) is 0 Å². The van der Waals surface area contributed by atoms with Gasteiger partial charge in [-0.25, -0.2) is 0 Å². The molecule has 0 aliphatic carbocycles. The third-order valence-electron chi connectivity index (χ3n) is 1.81. The van der Waals surface area contributed by atoms with E-state index in [-0.39, 0.29) is 0 Å². The van der Waals surface area contributed by atoms with Gasteiger partial charge in [-0.15, -0.1) is 0 Å². The van der Waals surface area contributed by atoms with Crippen molar-refractivity contribution in [2.24, 2.45) is 0 Å². The van der Waals surface area contributed by atoms with E-state index < -0.39 is 0 Å². The van der Waals surface area contributed by atoms with Crippen LogP contribution in [-0.4, -0.2) is 10.2 Å². The molecule has 0 N–H and O–H groups in total. The molecule has 1 heterocycles. The number of aromatic nitrogens is 2. The van der Waals surface area contributed by atoms with Gasteiger partial charge in [0.2, 0.25) is 0 Å². The average Bonchev–Trinajstić information content (AvgIpc) is 2.18. The van der Waals surface area contributed by atoms with Crippen LogP contribution in [0.15, 0.2) is 30.3 Å². The molecule has 3 heteroatoms. The van der Waals surface area contributed by atoms with E-state index in [1.807, 2.05) is 36.4 Å². The molecule has 62 valence electrons. The van der Waals surface area contributed by atoms with Crippen molar-refractivity contribution in [3.8, 4) is 6.07 Å². The predicted octanol–water partition coefficient (Wildman–Crippen LogP) is 1.70. The number of nitriles is 1. The lowest BCUT2D eigenvalue weighted by molar-refractivity contribution is 0.984. The summed E-state index contributed by atoms with van der Waals surface area (Å²) >= 11 is 0. The zero-order valence-electron chi connectivity index (χ0n) is 6.94. The van der Waals surface area contributed by atoms with Gasteiger partial charge in [0, 0.05) is 5.39 Å². The summed E-state index contributed by atoms with van der Waals surface area (Å²) in [5.74, 6) is 0. The van der Waals surface area contributed by atoms with Gasteiger partial charge in [-0.2, -0.15) is 15.5 Å². The predicted molar refractivity (Wildman–Crippen MR) is 48.9 cm³/mol. The maximum absolute atomic E-state index is 8.47. The van der Waals surface area contributed by atoms with Crippen LogP contribution >= 0.6 is 0 Å². The number of hydrogen-bond acceptors (Lipinski definition) is 3. The first-order chi connectivity index (χ1) is 6.40.